The van der Waals surface area contributed by atoms with E-state index < -0.39 is 0 Å². The van der Waals surface area contributed by atoms with Crippen LogP contribution >= 0.6 is 0 Å². The van der Waals surface area contributed by atoms with Crippen molar-refractivity contribution in [3.63, 3.8) is 0 Å². The molecule has 1 aliphatic rings. The van der Waals surface area contributed by atoms with E-state index in [-0.39, 0.29) is 11.6 Å². The lowest BCUT2D eigenvalue weighted by molar-refractivity contribution is 0.0375. The van der Waals surface area contributed by atoms with Crippen LogP contribution < -0.4 is 10.5 Å². The summed E-state index contributed by atoms with van der Waals surface area (Å²) in [6, 6.07) is 3.81. The van der Waals surface area contributed by atoms with Gasteiger partial charge in [0.25, 0.3) is 0 Å². The van der Waals surface area contributed by atoms with Gasteiger partial charge < -0.3 is 10.5 Å². The number of fused-ring (bicyclic) bond motifs is 1. The Kier molecular flexibility index (Phi) is 2.00. The van der Waals surface area contributed by atoms with Crippen molar-refractivity contribution in [2.75, 3.05) is 0 Å². The molecule has 1 aromatic heterocycles. The quantitative estimate of drug-likeness (QED) is 0.739. The van der Waals surface area contributed by atoms with Gasteiger partial charge >= 0.3 is 0 Å². The first-order valence-electron chi connectivity index (χ1n) is 4.95. The largest absolute Gasteiger partial charge is 0.469 e. The molecule has 3 heteroatoms. The first-order valence-corrected chi connectivity index (χ1v) is 4.95. The Bertz CT molecular complexity index is 351. The van der Waals surface area contributed by atoms with Crippen molar-refractivity contribution in [1.29, 1.82) is 0 Å². The number of hydrogen-bond donors (Lipinski definition) is 1. The number of aromatic nitrogens is 1. The second-order valence-electron chi connectivity index (χ2n) is 4.32. The second kappa shape index (κ2) is 2.95. The highest BCUT2D eigenvalue weighted by Crippen LogP contribution is 2.43. The average molecular weight is 192 g/mol. The Labute approximate surface area is 84.3 Å². The molecule has 1 unspecified atom stereocenters. The molecular weight excluding hydrogens is 176 g/mol. The summed E-state index contributed by atoms with van der Waals surface area (Å²) >= 11 is 0. The zero-order chi connectivity index (χ0) is 10.3. The molecule has 1 aliphatic heterocycles. The third kappa shape index (κ3) is 1.12. The third-order valence-corrected chi connectivity index (χ3v) is 3.22. The summed E-state index contributed by atoms with van der Waals surface area (Å²) < 4.78 is 5.83. The molecule has 76 valence electrons. The van der Waals surface area contributed by atoms with Gasteiger partial charge in [0, 0.05) is 11.8 Å². The van der Waals surface area contributed by atoms with Gasteiger partial charge in [-0.15, -0.1) is 0 Å². The fourth-order valence-electron chi connectivity index (χ4n) is 1.78. The maximum atomic E-state index is 6.16. The molecule has 2 rings (SSSR count). The van der Waals surface area contributed by atoms with Crippen molar-refractivity contribution in [3.8, 4) is 5.88 Å². The van der Waals surface area contributed by atoms with Crippen molar-refractivity contribution in [2.24, 2.45) is 11.7 Å². The molecule has 0 aromatic carbocycles. The highest BCUT2D eigenvalue weighted by Gasteiger charge is 2.45. The lowest BCUT2D eigenvalue weighted by Crippen LogP contribution is -2.43. The summed E-state index contributed by atoms with van der Waals surface area (Å²) in [7, 11) is 0. The number of nitrogens with zero attached hydrogens (tertiary/aromatic N) is 1. The molecule has 0 fully saturated rings. The zero-order valence-electron chi connectivity index (χ0n) is 8.82. The molecule has 0 amide bonds. The second-order valence-corrected chi connectivity index (χ2v) is 4.32. The van der Waals surface area contributed by atoms with Crippen molar-refractivity contribution in [2.45, 2.75) is 32.4 Å². The Hall–Kier alpha value is -1.09. The molecule has 1 aromatic rings. The van der Waals surface area contributed by atoms with Crippen LogP contribution in [0.15, 0.2) is 18.3 Å². The molecular formula is C11H16N2O. The maximum absolute atomic E-state index is 6.16. The fraction of sp³-hybridized carbons (Fsp3) is 0.545. The number of pyridine rings is 1. The summed E-state index contributed by atoms with van der Waals surface area (Å²) in [4.78, 5) is 4.19. The van der Waals surface area contributed by atoms with Crippen LogP contribution in [0.2, 0.25) is 0 Å². The first kappa shape index (κ1) is 9.46. The van der Waals surface area contributed by atoms with E-state index in [4.69, 9.17) is 10.5 Å². The van der Waals surface area contributed by atoms with E-state index in [9.17, 15) is 0 Å². The van der Waals surface area contributed by atoms with E-state index in [2.05, 4.69) is 18.8 Å². The molecule has 0 saturated carbocycles. The van der Waals surface area contributed by atoms with Gasteiger partial charge in [-0.05, 0) is 18.9 Å². The van der Waals surface area contributed by atoms with Crippen LogP contribution in [0.5, 0.6) is 5.88 Å². The summed E-state index contributed by atoms with van der Waals surface area (Å²) in [6.07, 6.45) is 1.73. The normalized spacial score (nSPS) is 30.2. The van der Waals surface area contributed by atoms with E-state index in [1.807, 2.05) is 19.1 Å². The third-order valence-electron chi connectivity index (χ3n) is 3.22. The molecule has 0 bridgehead atoms. The molecule has 2 heterocycles. The topological polar surface area (TPSA) is 48.1 Å². The van der Waals surface area contributed by atoms with Crippen molar-refractivity contribution < 1.29 is 4.74 Å². The van der Waals surface area contributed by atoms with Gasteiger partial charge in [-0.1, -0.05) is 19.9 Å². The SMILES string of the molecule is CC(C)C1(C)Oc2ncccc2[C@H]1N. The maximum Gasteiger partial charge on any atom is 0.218 e. The Morgan fingerprint density at radius 2 is 2.29 bits per heavy atom. The molecule has 2 N–H and O–H groups in total. The standard InChI is InChI=1S/C11H16N2O/c1-7(2)11(3)9(12)8-5-4-6-13-10(8)14-11/h4-7,9H,12H2,1-3H3/t9-,11?/m1/s1. The monoisotopic (exact) mass is 192 g/mol. The summed E-state index contributed by atoms with van der Waals surface area (Å²) in [5.74, 6) is 1.06. The minimum atomic E-state index is -0.323. The Morgan fingerprint density at radius 1 is 1.57 bits per heavy atom. The fourth-order valence-corrected chi connectivity index (χ4v) is 1.78. The lowest BCUT2D eigenvalue weighted by atomic mass is 9.84. The number of nitrogens with two attached hydrogens (primary N) is 1. The average Bonchev–Trinajstić information content (AvgIpc) is 2.42. The molecule has 0 saturated heterocycles. The molecule has 0 aliphatic carbocycles. The van der Waals surface area contributed by atoms with Gasteiger partial charge in [-0.2, -0.15) is 0 Å². The lowest BCUT2D eigenvalue weighted by Gasteiger charge is -2.32. The zero-order valence-corrected chi connectivity index (χ0v) is 8.82. The van der Waals surface area contributed by atoms with Crippen LogP contribution in [-0.4, -0.2) is 10.6 Å². The van der Waals surface area contributed by atoms with E-state index in [1.54, 1.807) is 6.20 Å². The molecule has 14 heavy (non-hydrogen) atoms. The number of rotatable bonds is 1. The molecule has 0 spiro atoms. The van der Waals surface area contributed by atoms with Gasteiger partial charge in [-0.25, -0.2) is 4.98 Å². The Balaban J connectivity index is 2.43. The predicted octanol–water partition coefficient (Wildman–Crippen LogP) is 1.89. The van der Waals surface area contributed by atoms with Crippen LogP contribution in [0.1, 0.15) is 32.4 Å². The minimum absolute atomic E-state index is 0.0776. The smallest absolute Gasteiger partial charge is 0.218 e. The number of ether oxygens (including phenoxy) is 1. The summed E-state index contributed by atoms with van der Waals surface area (Å²) in [5, 5.41) is 0. The van der Waals surface area contributed by atoms with Crippen molar-refractivity contribution in [3.05, 3.63) is 23.9 Å². The van der Waals surface area contributed by atoms with Gasteiger partial charge in [-0.3, -0.25) is 0 Å². The van der Waals surface area contributed by atoms with Crippen LogP contribution in [0, 0.1) is 5.92 Å². The highest BCUT2D eigenvalue weighted by molar-refractivity contribution is 5.36. The molecule has 3 nitrogen and oxygen atoms in total. The Morgan fingerprint density at radius 3 is 2.86 bits per heavy atom. The van der Waals surface area contributed by atoms with Crippen LogP contribution in [-0.2, 0) is 0 Å². The predicted molar refractivity (Wildman–Crippen MR) is 55.0 cm³/mol. The van der Waals surface area contributed by atoms with E-state index >= 15 is 0 Å². The molecule has 2 atom stereocenters. The van der Waals surface area contributed by atoms with Crippen LogP contribution in [0.3, 0.4) is 0 Å². The van der Waals surface area contributed by atoms with Crippen molar-refractivity contribution in [1.82, 2.24) is 4.98 Å². The van der Waals surface area contributed by atoms with Gasteiger partial charge in [0.2, 0.25) is 5.88 Å². The first-order chi connectivity index (χ1) is 6.55. The van der Waals surface area contributed by atoms with E-state index in [0.29, 0.717) is 11.8 Å². The minimum Gasteiger partial charge on any atom is -0.469 e. The van der Waals surface area contributed by atoms with Crippen LogP contribution in [0.4, 0.5) is 0 Å². The van der Waals surface area contributed by atoms with E-state index in [1.165, 1.54) is 0 Å². The summed E-state index contributed by atoms with van der Waals surface area (Å²) in [6.45, 7) is 6.28. The number of hydrogen-bond acceptors (Lipinski definition) is 3. The molecule has 0 radical (unpaired) electrons. The van der Waals surface area contributed by atoms with Gasteiger partial charge in [0.05, 0.1) is 6.04 Å². The summed E-state index contributed by atoms with van der Waals surface area (Å²) in [5.41, 5.74) is 6.86. The van der Waals surface area contributed by atoms with Gasteiger partial charge in [0.15, 0.2) is 0 Å². The van der Waals surface area contributed by atoms with Crippen molar-refractivity contribution >= 4 is 0 Å². The van der Waals surface area contributed by atoms with E-state index in [0.717, 1.165) is 5.56 Å². The van der Waals surface area contributed by atoms with Crippen LogP contribution in [0.25, 0.3) is 0 Å². The van der Waals surface area contributed by atoms with Gasteiger partial charge in [0.1, 0.15) is 5.60 Å². The highest BCUT2D eigenvalue weighted by atomic mass is 16.5.